The molecule has 1 amide bonds. The van der Waals surface area contributed by atoms with E-state index in [1.165, 1.54) is 17.3 Å². The van der Waals surface area contributed by atoms with Crippen LogP contribution < -0.4 is 14.8 Å². The van der Waals surface area contributed by atoms with Gasteiger partial charge in [-0.25, -0.2) is 4.99 Å². The molecule has 0 aliphatic carbocycles. The van der Waals surface area contributed by atoms with Crippen LogP contribution in [0.15, 0.2) is 52.4 Å². The summed E-state index contributed by atoms with van der Waals surface area (Å²) < 4.78 is 10.5. The Bertz CT molecular complexity index is 873. The molecule has 1 aliphatic rings. The minimum atomic E-state index is -0.152. The Labute approximate surface area is 157 Å². The van der Waals surface area contributed by atoms with Crippen LogP contribution in [0.2, 0.25) is 0 Å². The lowest BCUT2D eigenvalue weighted by Crippen LogP contribution is -2.19. The summed E-state index contributed by atoms with van der Waals surface area (Å²) in [5.74, 6) is 1.12. The van der Waals surface area contributed by atoms with Gasteiger partial charge in [0.15, 0.2) is 5.17 Å². The zero-order chi connectivity index (χ0) is 18.5. The number of nitrogens with one attached hydrogen (secondary N) is 1. The maximum atomic E-state index is 12.2. The Morgan fingerprint density at radius 2 is 1.88 bits per heavy atom. The van der Waals surface area contributed by atoms with Crippen molar-refractivity contribution in [2.75, 3.05) is 14.2 Å². The van der Waals surface area contributed by atoms with Gasteiger partial charge >= 0.3 is 0 Å². The first-order valence-corrected chi connectivity index (χ1v) is 9.05. The van der Waals surface area contributed by atoms with E-state index in [0.717, 1.165) is 12.0 Å². The van der Waals surface area contributed by atoms with Crippen LogP contribution in [-0.4, -0.2) is 25.3 Å². The molecule has 26 heavy (non-hydrogen) atoms. The fraction of sp³-hybridized carbons (Fsp3) is 0.200. The van der Waals surface area contributed by atoms with Gasteiger partial charge in [0, 0.05) is 6.07 Å². The molecule has 0 radical (unpaired) electrons. The molecule has 1 heterocycles. The molecule has 0 aromatic heterocycles. The Kier molecular flexibility index (Phi) is 5.63. The zero-order valence-corrected chi connectivity index (χ0v) is 15.7. The maximum Gasteiger partial charge on any atom is 0.264 e. The average molecular weight is 368 g/mol. The summed E-state index contributed by atoms with van der Waals surface area (Å²) in [6.45, 7) is 2.12. The van der Waals surface area contributed by atoms with Gasteiger partial charge in [-0.3, -0.25) is 4.79 Å². The molecule has 6 heteroatoms. The number of methoxy groups -OCH3 is 2. The van der Waals surface area contributed by atoms with E-state index in [-0.39, 0.29) is 5.91 Å². The smallest absolute Gasteiger partial charge is 0.264 e. The standard InChI is InChI=1S/C20H20N2O3S/c1-4-13-5-7-14(8-6-13)11-18-19(23)22-20(26-18)21-16-10-9-15(24-2)12-17(16)25-3/h5-12H,4H2,1-3H3,(H,21,22,23). The van der Waals surface area contributed by atoms with E-state index in [2.05, 4.69) is 29.4 Å². The zero-order valence-electron chi connectivity index (χ0n) is 14.9. The first-order chi connectivity index (χ1) is 12.6. The van der Waals surface area contributed by atoms with E-state index in [4.69, 9.17) is 9.47 Å². The molecular weight excluding hydrogens is 348 g/mol. The Balaban J connectivity index is 1.82. The number of hydrogen-bond donors (Lipinski definition) is 1. The highest BCUT2D eigenvalue weighted by Crippen LogP contribution is 2.34. The molecule has 3 rings (SSSR count). The molecular formula is C20H20N2O3S. The van der Waals surface area contributed by atoms with Gasteiger partial charge in [-0.15, -0.1) is 0 Å². The van der Waals surface area contributed by atoms with Crippen LogP contribution in [0.3, 0.4) is 0 Å². The molecule has 1 aliphatic heterocycles. The van der Waals surface area contributed by atoms with Crippen molar-refractivity contribution in [3.8, 4) is 11.5 Å². The summed E-state index contributed by atoms with van der Waals surface area (Å²) in [5, 5.41) is 3.32. The number of carbonyl (C=O) groups excluding carboxylic acids is 1. The van der Waals surface area contributed by atoms with Gasteiger partial charge in [-0.05, 0) is 47.5 Å². The third kappa shape index (κ3) is 4.08. The highest BCUT2D eigenvalue weighted by Gasteiger charge is 2.24. The lowest BCUT2D eigenvalue weighted by molar-refractivity contribution is -0.115. The summed E-state index contributed by atoms with van der Waals surface area (Å²) >= 11 is 1.31. The van der Waals surface area contributed by atoms with Crippen LogP contribution in [0, 0.1) is 0 Å². The quantitative estimate of drug-likeness (QED) is 0.805. The second-order valence-electron chi connectivity index (χ2n) is 5.61. The lowest BCUT2D eigenvalue weighted by Gasteiger charge is -2.07. The number of hydrogen-bond acceptors (Lipinski definition) is 5. The summed E-state index contributed by atoms with van der Waals surface area (Å²) in [5.41, 5.74) is 2.89. The number of rotatable bonds is 5. The number of aliphatic imine (C=N–C) groups is 1. The third-order valence-corrected chi connectivity index (χ3v) is 4.86. The molecule has 1 fully saturated rings. The summed E-state index contributed by atoms with van der Waals surface area (Å²) in [6.07, 6.45) is 2.86. The number of thioether (sulfide) groups is 1. The topological polar surface area (TPSA) is 59.9 Å². The van der Waals surface area contributed by atoms with E-state index in [0.29, 0.717) is 27.3 Å². The van der Waals surface area contributed by atoms with E-state index in [1.807, 2.05) is 18.2 Å². The minimum absolute atomic E-state index is 0.152. The van der Waals surface area contributed by atoms with Gasteiger partial charge in [-0.2, -0.15) is 0 Å². The fourth-order valence-corrected chi connectivity index (χ4v) is 3.30. The number of amides is 1. The highest BCUT2D eigenvalue weighted by atomic mass is 32.2. The van der Waals surface area contributed by atoms with Gasteiger partial charge in [0.25, 0.3) is 5.91 Å². The van der Waals surface area contributed by atoms with Gasteiger partial charge in [0.2, 0.25) is 0 Å². The van der Waals surface area contributed by atoms with E-state index in [9.17, 15) is 4.79 Å². The largest absolute Gasteiger partial charge is 0.497 e. The number of ether oxygens (including phenoxy) is 2. The normalized spacial score (nSPS) is 16.8. The molecule has 0 saturated carbocycles. The van der Waals surface area contributed by atoms with Crippen molar-refractivity contribution in [1.82, 2.24) is 5.32 Å². The van der Waals surface area contributed by atoms with Crippen LogP contribution in [-0.2, 0) is 11.2 Å². The van der Waals surface area contributed by atoms with Gasteiger partial charge in [0.1, 0.15) is 17.2 Å². The highest BCUT2D eigenvalue weighted by molar-refractivity contribution is 8.18. The van der Waals surface area contributed by atoms with Crippen molar-refractivity contribution in [2.45, 2.75) is 13.3 Å². The third-order valence-electron chi connectivity index (χ3n) is 3.95. The molecule has 2 aromatic rings. The van der Waals surface area contributed by atoms with Gasteiger partial charge in [-0.1, -0.05) is 31.2 Å². The molecule has 0 atom stereocenters. The van der Waals surface area contributed by atoms with Gasteiger partial charge in [0.05, 0.1) is 19.1 Å². The molecule has 0 unspecified atom stereocenters. The number of carbonyl (C=O) groups is 1. The van der Waals surface area contributed by atoms with Crippen molar-refractivity contribution in [3.63, 3.8) is 0 Å². The van der Waals surface area contributed by atoms with E-state index < -0.39 is 0 Å². The molecule has 0 spiro atoms. The second-order valence-corrected chi connectivity index (χ2v) is 6.65. The molecule has 134 valence electrons. The van der Waals surface area contributed by atoms with Crippen LogP contribution in [0.5, 0.6) is 11.5 Å². The summed E-state index contributed by atoms with van der Waals surface area (Å²) in [4.78, 5) is 17.3. The van der Waals surface area contributed by atoms with Crippen LogP contribution in [0.4, 0.5) is 5.69 Å². The number of amidine groups is 1. The van der Waals surface area contributed by atoms with Crippen molar-refractivity contribution in [1.29, 1.82) is 0 Å². The molecule has 5 nitrogen and oxygen atoms in total. The molecule has 1 N–H and O–H groups in total. The Hall–Kier alpha value is -2.73. The van der Waals surface area contributed by atoms with Crippen molar-refractivity contribution in [3.05, 3.63) is 58.5 Å². The lowest BCUT2D eigenvalue weighted by atomic mass is 10.1. The number of nitrogens with zero attached hydrogens (tertiary/aromatic N) is 1. The second kappa shape index (κ2) is 8.10. The van der Waals surface area contributed by atoms with E-state index >= 15 is 0 Å². The van der Waals surface area contributed by atoms with Crippen molar-refractivity contribution < 1.29 is 14.3 Å². The van der Waals surface area contributed by atoms with Crippen LogP contribution in [0.25, 0.3) is 6.08 Å². The van der Waals surface area contributed by atoms with Crippen molar-refractivity contribution in [2.24, 2.45) is 4.99 Å². The monoisotopic (exact) mass is 368 g/mol. The fourth-order valence-electron chi connectivity index (χ4n) is 2.47. The molecule has 1 saturated heterocycles. The predicted molar refractivity (Wildman–Crippen MR) is 106 cm³/mol. The first-order valence-electron chi connectivity index (χ1n) is 8.23. The number of benzene rings is 2. The summed E-state index contributed by atoms with van der Waals surface area (Å²) in [6, 6.07) is 13.5. The molecule has 0 bridgehead atoms. The average Bonchev–Trinajstić information content (AvgIpc) is 3.01. The van der Waals surface area contributed by atoms with E-state index in [1.54, 1.807) is 32.4 Å². The Morgan fingerprint density at radius 3 is 2.54 bits per heavy atom. The molecule has 2 aromatic carbocycles. The van der Waals surface area contributed by atoms with Crippen LogP contribution >= 0.6 is 11.8 Å². The van der Waals surface area contributed by atoms with Crippen molar-refractivity contribution >= 4 is 34.6 Å². The van der Waals surface area contributed by atoms with Crippen LogP contribution in [0.1, 0.15) is 18.1 Å². The predicted octanol–water partition coefficient (Wildman–Crippen LogP) is 4.16. The van der Waals surface area contributed by atoms with Gasteiger partial charge < -0.3 is 14.8 Å². The number of aryl methyl sites for hydroxylation is 1. The maximum absolute atomic E-state index is 12.2. The SMILES string of the molecule is CCc1ccc(C=C2SC(=Nc3ccc(OC)cc3OC)NC2=O)cc1. The first kappa shape index (κ1) is 18.1. The Morgan fingerprint density at radius 1 is 1.12 bits per heavy atom. The minimum Gasteiger partial charge on any atom is -0.497 e. The summed E-state index contributed by atoms with van der Waals surface area (Å²) in [7, 11) is 3.17.